The number of carbonyl (C=O) groups is 1. The van der Waals surface area contributed by atoms with Crippen molar-refractivity contribution in [2.45, 2.75) is 26.9 Å². The van der Waals surface area contributed by atoms with Gasteiger partial charge in [-0.3, -0.25) is 14.4 Å². The summed E-state index contributed by atoms with van der Waals surface area (Å²) in [6, 6.07) is 6.91. The van der Waals surface area contributed by atoms with Crippen LogP contribution < -0.4 is 11.1 Å². The molecule has 0 amide bonds. The van der Waals surface area contributed by atoms with Gasteiger partial charge in [0, 0.05) is 10.3 Å². The first-order valence-electron chi connectivity index (χ1n) is 8.55. The van der Waals surface area contributed by atoms with E-state index >= 15 is 0 Å². The number of aryl methyl sites for hydroxylation is 2. The molecule has 0 saturated carbocycles. The van der Waals surface area contributed by atoms with Crippen LogP contribution in [0.15, 0.2) is 33.9 Å². The van der Waals surface area contributed by atoms with Gasteiger partial charge in [0.05, 0.1) is 22.9 Å². The molecule has 0 bridgehead atoms. The smallest absolute Gasteiger partial charge is 0.312 e. The molecule has 142 valence electrons. The Balaban J connectivity index is 1.53. The number of nitrogens with zero attached hydrogens (tertiary/aromatic N) is 2. The first-order chi connectivity index (χ1) is 13.4. The molecule has 1 aromatic carbocycles. The topological polar surface area (TPSA) is 118 Å². The summed E-state index contributed by atoms with van der Waals surface area (Å²) in [6.45, 7) is 3.66. The highest BCUT2D eigenvalue weighted by Crippen LogP contribution is 2.25. The molecular formula is C19H16N4O4S. The lowest BCUT2D eigenvalue weighted by atomic mass is 10.1. The summed E-state index contributed by atoms with van der Waals surface area (Å²) in [6.07, 6.45) is -0.110. The van der Waals surface area contributed by atoms with Crippen molar-refractivity contribution in [2.24, 2.45) is 0 Å². The van der Waals surface area contributed by atoms with E-state index in [0.717, 1.165) is 10.4 Å². The minimum absolute atomic E-state index is 0.110. The third-order valence-electron chi connectivity index (χ3n) is 4.54. The van der Waals surface area contributed by atoms with E-state index in [-0.39, 0.29) is 30.0 Å². The maximum Gasteiger partial charge on any atom is 0.312 e. The lowest BCUT2D eigenvalue weighted by Gasteiger charge is -2.06. The van der Waals surface area contributed by atoms with E-state index in [9.17, 15) is 14.4 Å². The van der Waals surface area contributed by atoms with Crippen LogP contribution in [0.2, 0.25) is 0 Å². The predicted octanol–water partition coefficient (Wildman–Crippen LogP) is 2.12. The SMILES string of the molecule is Cc1sc2nc(COC(=O)Cc3n[nH]c(=O)c4ccccc34)[nH]c(=O)c2c1C. The number of esters is 1. The summed E-state index contributed by atoms with van der Waals surface area (Å²) in [5.41, 5.74) is 0.769. The molecule has 9 heteroatoms. The maximum absolute atomic E-state index is 12.3. The molecule has 0 fully saturated rings. The van der Waals surface area contributed by atoms with Gasteiger partial charge in [-0.1, -0.05) is 18.2 Å². The molecule has 3 heterocycles. The quantitative estimate of drug-likeness (QED) is 0.510. The second-order valence-electron chi connectivity index (χ2n) is 6.36. The van der Waals surface area contributed by atoms with E-state index in [2.05, 4.69) is 20.2 Å². The number of aromatic nitrogens is 4. The van der Waals surface area contributed by atoms with E-state index in [1.165, 1.54) is 11.3 Å². The highest BCUT2D eigenvalue weighted by atomic mass is 32.1. The summed E-state index contributed by atoms with van der Waals surface area (Å²) in [7, 11) is 0. The van der Waals surface area contributed by atoms with Crippen molar-refractivity contribution in [3.63, 3.8) is 0 Å². The minimum Gasteiger partial charge on any atom is -0.457 e. The lowest BCUT2D eigenvalue weighted by molar-refractivity contribution is -0.144. The normalized spacial score (nSPS) is 11.2. The zero-order chi connectivity index (χ0) is 19.8. The molecule has 0 saturated heterocycles. The molecule has 4 rings (SSSR count). The lowest BCUT2D eigenvalue weighted by Crippen LogP contribution is -2.17. The van der Waals surface area contributed by atoms with Crippen molar-refractivity contribution in [3.8, 4) is 0 Å². The first-order valence-corrected chi connectivity index (χ1v) is 9.36. The fourth-order valence-electron chi connectivity index (χ4n) is 3.01. The van der Waals surface area contributed by atoms with Crippen LogP contribution in [0.4, 0.5) is 0 Å². The van der Waals surface area contributed by atoms with Crippen LogP contribution in [-0.4, -0.2) is 26.1 Å². The standard InChI is InChI=1S/C19H16N4O4S/c1-9-10(2)28-19-16(9)18(26)20-14(21-19)8-27-15(24)7-13-11-5-3-4-6-12(11)17(25)23-22-13/h3-6H,7-8H2,1-2H3,(H,23,25)(H,20,21,26). The molecule has 8 nitrogen and oxygen atoms in total. The predicted molar refractivity (Wildman–Crippen MR) is 106 cm³/mol. The van der Waals surface area contributed by atoms with Crippen molar-refractivity contribution in [1.82, 2.24) is 20.2 Å². The second kappa shape index (κ2) is 7.01. The number of hydrogen-bond acceptors (Lipinski definition) is 7. The summed E-state index contributed by atoms with van der Waals surface area (Å²) in [5, 5.41) is 7.97. The fourth-order valence-corrected chi connectivity index (χ4v) is 4.06. The summed E-state index contributed by atoms with van der Waals surface area (Å²) >= 11 is 1.43. The summed E-state index contributed by atoms with van der Waals surface area (Å²) in [5.74, 6) is -0.252. The zero-order valence-corrected chi connectivity index (χ0v) is 16.0. The Hall–Kier alpha value is -3.33. The molecule has 4 aromatic rings. The van der Waals surface area contributed by atoms with Gasteiger partial charge in [0.1, 0.15) is 17.3 Å². The van der Waals surface area contributed by atoms with Gasteiger partial charge >= 0.3 is 5.97 Å². The highest BCUT2D eigenvalue weighted by Gasteiger charge is 2.15. The van der Waals surface area contributed by atoms with Crippen LogP contribution in [0.3, 0.4) is 0 Å². The number of benzene rings is 1. The van der Waals surface area contributed by atoms with E-state index < -0.39 is 5.97 Å². The van der Waals surface area contributed by atoms with Crippen molar-refractivity contribution < 1.29 is 9.53 Å². The van der Waals surface area contributed by atoms with Gasteiger partial charge in [0.25, 0.3) is 11.1 Å². The van der Waals surface area contributed by atoms with Crippen molar-refractivity contribution in [3.05, 3.63) is 66.9 Å². The average molecular weight is 396 g/mol. The minimum atomic E-state index is -0.536. The number of hydrogen-bond donors (Lipinski definition) is 2. The molecule has 0 aliphatic rings. The molecule has 0 unspecified atom stereocenters. The summed E-state index contributed by atoms with van der Waals surface area (Å²) in [4.78, 5) is 45.0. The molecule has 28 heavy (non-hydrogen) atoms. The van der Waals surface area contributed by atoms with Crippen LogP contribution in [-0.2, 0) is 22.6 Å². The fraction of sp³-hybridized carbons (Fsp3) is 0.211. The number of rotatable bonds is 4. The largest absolute Gasteiger partial charge is 0.457 e. The molecule has 2 N–H and O–H groups in total. The van der Waals surface area contributed by atoms with Gasteiger partial charge in [-0.2, -0.15) is 5.10 Å². The Morgan fingerprint density at radius 2 is 1.89 bits per heavy atom. The molecule has 0 aliphatic heterocycles. The van der Waals surface area contributed by atoms with Crippen molar-refractivity contribution >= 4 is 38.3 Å². The van der Waals surface area contributed by atoms with Crippen molar-refractivity contribution in [1.29, 1.82) is 0 Å². The summed E-state index contributed by atoms with van der Waals surface area (Å²) < 4.78 is 5.25. The molecule has 0 aliphatic carbocycles. The van der Waals surface area contributed by atoms with Gasteiger partial charge in [-0.05, 0) is 25.5 Å². The Bertz CT molecular complexity index is 1340. The highest BCUT2D eigenvalue weighted by molar-refractivity contribution is 7.18. The van der Waals surface area contributed by atoms with Gasteiger partial charge in [0.2, 0.25) is 0 Å². The number of thiophene rings is 1. The third kappa shape index (κ3) is 3.20. The van der Waals surface area contributed by atoms with Crippen LogP contribution in [0.5, 0.6) is 0 Å². The van der Waals surface area contributed by atoms with Gasteiger partial charge in [-0.25, -0.2) is 10.1 Å². The number of H-pyrrole nitrogens is 2. The third-order valence-corrected chi connectivity index (χ3v) is 5.65. The first kappa shape index (κ1) is 18.1. The van der Waals surface area contributed by atoms with E-state index in [4.69, 9.17) is 4.74 Å². The average Bonchev–Trinajstić information content (AvgIpc) is 2.97. The Morgan fingerprint density at radius 3 is 2.68 bits per heavy atom. The van der Waals surface area contributed by atoms with Crippen molar-refractivity contribution in [2.75, 3.05) is 0 Å². The van der Waals surface area contributed by atoms with Crippen LogP contribution in [0, 0.1) is 13.8 Å². The molecule has 3 aromatic heterocycles. The van der Waals surface area contributed by atoms with Crippen LogP contribution >= 0.6 is 11.3 Å². The zero-order valence-electron chi connectivity index (χ0n) is 15.2. The Morgan fingerprint density at radius 1 is 1.14 bits per heavy atom. The van der Waals surface area contributed by atoms with Gasteiger partial charge < -0.3 is 9.72 Å². The Kier molecular flexibility index (Phi) is 4.52. The second-order valence-corrected chi connectivity index (χ2v) is 7.56. The van der Waals surface area contributed by atoms with E-state index in [1.807, 2.05) is 13.8 Å². The van der Waals surface area contributed by atoms with E-state index in [1.54, 1.807) is 24.3 Å². The molecule has 0 atom stereocenters. The van der Waals surface area contributed by atoms with E-state index in [0.29, 0.717) is 26.7 Å². The maximum atomic E-state index is 12.3. The number of aromatic amines is 2. The number of nitrogens with one attached hydrogen (secondary N) is 2. The monoisotopic (exact) mass is 396 g/mol. The Labute approximate surface area is 162 Å². The molecule has 0 spiro atoms. The number of ether oxygens (including phenoxy) is 1. The molecule has 0 radical (unpaired) electrons. The number of carbonyl (C=O) groups excluding carboxylic acids is 1. The number of fused-ring (bicyclic) bond motifs is 2. The van der Waals surface area contributed by atoms with Crippen LogP contribution in [0.25, 0.3) is 21.0 Å². The van der Waals surface area contributed by atoms with Gasteiger partial charge in [0.15, 0.2) is 0 Å². The van der Waals surface area contributed by atoms with Crippen LogP contribution in [0.1, 0.15) is 22.0 Å². The van der Waals surface area contributed by atoms with Gasteiger partial charge in [-0.15, -0.1) is 11.3 Å². The molecular weight excluding hydrogens is 380 g/mol.